The zero-order valence-corrected chi connectivity index (χ0v) is 23.0. The Bertz CT molecular complexity index is 1050. The number of hydrogen-bond donors (Lipinski definition) is 0. The molecule has 0 fully saturated rings. The standard InChI is InChI=1S/C32H42S2/c1-3-5-7-9-11-13-15-25-17-19-31-27(21-25)29(23-33-31)30-24-34-32-20-18-26(22-28(30)32)16-14-12-10-8-6-4-2/h17-24H,3-16H2,1-2H3. The van der Waals surface area contributed by atoms with Gasteiger partial charge in [0.15, 0.2) is 0 Å². The van der Waals surface area contributed by atoms with Gasteiger partial charge in [-0.15, -0.1) is 22.7 Å². The first-order chi connectivity index (χ1) is 16.8. The Morgan fingerprint density at radius 1 is 0.500 bits per heavy atom. The molecule has 0 saturated carbocycles. The van der Waals surface area contributed by atoms with E-state index in [1.807, 2.05) is 22.7 Å². The van der Waals surface area contributed by atoms with Crippen LogP contribution in [0.1, 0.15) is 102 Å². The lowest BCUT2D eigenvalue weighted by atomic mass is 9.98. The SMILES string of the molecule is CCCCCCCCc1ccc2scc(-c3csc4ccc(CCCCCCCC)cc34)c2c1. The van der Waals surface area contributed by atoms with Gasteiger partial charge in [-0.1, -0.05) is 90.2 Å². The number of thiophene rings is 2. The first kappa shape index (κ1) is 25.5. The zero-order chi connectivity index (χ0) is 23.6. The first-order valence-electron chi connectivity index (χ1n) is 13.8. The third kappa shape index (κ3) is 6.73. The molecule has 4 rings (SSSR count). The molecular weight excluding hydrogens is 448 g/mol. The van der Waals surface area contributed by atoms with Gasteiger partial charge >= 0.3 is 0 Å². The van der Waals surface area contributed by atoms with Crippen molar-refractivity contribution in [3.05, 3.63) is 58.3 Å². The molecule has 34 heavy (non-hydrogen) atoms. The molecule has 0 unspecified atom stereocenters. The summed E-state index contributed by atoms with van der Waals surface area (Å²) >= 11 is 3.80. The van der Waals surface area contributed by atoms with Gasteiger partial charge in [-0.25, -0.2) is 0 Å². The molecule has 0 saturated heterocycles. The first-order valence-corrected chi connectivity index (χ1v) is 15.6. The number of fused-ring (bicyclic) bond motifs is 2. The average Bonchev–Trinajstić information content (AvgIpc) is 3.46. The Balaban J connectivity index is 1.46. The molecule has 0 aliphatic carbocycles. The Labute approximate surface area is 215 Å². The number of rotatable bonds is 15. The van der Waals surface area contributed by atoms with E-state index in [-0.39, 0.29) is 0 Å². The van der Waals surface area contributed by atoms with Crippen LogP contribution in [0.4, 0.5) is 0 Å². The van der Waals surface area contributed by atoms with Crippen LogP contribution in [0.2, 0.25) is 0 Å². The lowest BCUT2D eigenvalue weighted by Crippen LogP contribution is -1.87. The van der Waals surface area contributed by atoms with Crippen molar-refractivity contribution in [2.24, 2.45) is 0 Å². The van der Waals surface area contributed by atoms with Gasteiger partial charge in [0.2, 0.25) is 0 Å². The van der Waals surface area contributed by atoms with E-state index in [2.05, 4.69) is 61.0 Å². The summed E-state index contributed by atoms with van der Waals surface area (Å²) in [7, 11) is 0. The van der Waals surface area contributed by atoms with Crippen LogP contribution in [0.15, 0.2) is 47.2 Å². The highest BCUT2D eigenvalue weighted by Gasteiger charge is 2.13. The van der Waals surface area contributed by atoms with Gasteiger partial charge in [0, 0.05) is 31.3 Å². The quantitative estimate of drug-likeness (QED) is 0.145. The largest absolute Gasteiger partial charge is 0.143 e. The highest BCUT2D eigenvalue weighted by molar-refractivity contribution is 7.18. The molecule has 0 atom stereocenters. The maximum Gasteiger partial charge on any atom is 0.0349 e. The lowest BCUT2D eigenvalue weighted by molar-refractivity contribution is 0.607. The molecule has 2 aromatic heterocycles. The van der Waals surface area contributed by atoms with Gasteiger partial charge in [-0.3, -0.25) is 0 Å². The molecule has 0 N–H and O–H groups in total. The van der Waals surface area contributed by atoms with Crippen molar-refractivity contribution in [2.75, 3.05) is 0 Å². The summed E-state index contributed by atoms with van der Waals surface area (Å²) in [4.78, 5) is 0. The van der Waals surface area contributed by atoms with Crippen molar-refractivity contribution in [2.45, 2.75) is 104 Å². The third-order valence-corrected chi connectivity index (χ3v) is 9.13. The summed E-state index contributed by atoms with van der Waals surface area (Å²) < 4.78 is 2.84. The molecule has 0 aliphatic rings. The molecule has 0 bridgehead atoms. The molecular formula is C32H42S2. The molecule has 182 valence electrons. The second-order valence-electron chi connectivity index (χ2n) is 10.00. The topological polar surface area (TPSA) is 0 Å². The predicted octanol–water partition coefficient (Wildman–Crippen LogP) is 11.6. The van der Waals surface area contributed by atoms with E-state index in [9.17, 15) is 0 Å². The summed E-state index contributed by atoms with van der Waals surface area (Å²) in [5.41, 5.74) is 5.89. The van der Waals surface area contributed by atoms with Crippen molar-refractivity contribution in [3.8, 4) is 11.1 Å². The molecule has 0 spiro atoms. The van der Waals surface area contributed by atoms with Crippen LogP contribution < -0.4 is 0 Å². The maximum atomic E-state index is 2.48. The molecule has 2 heterocycles. The van der Waals surface area contributed by atoms with Gasteiger partial charge < -0.3 is 0 Å². The van der Waals surface area contributed by atoms with E-state index in [0.717, 1.165) is 0 Å². The van der Waals surface area contributed by atoms with E-state index in [1.54, 1.807) is 0 Å². The summed E-state index contributed by atoms with van der Waals surface area (Å²) in [5.74, 6) is 0. The molecule has 0 radical (unpaired) electrons. The lowest BCUT2D eigenvalue weighted by Gasteiger charge is -2.06. The van der Waals surface area contributed by atoms with Crippen molar-refractivity contribution in [1.82, 2.24) is 0 Å². The van der Waals surface area contributed by atoms with Crippen molar-refractivity contribution in [3.63, 3.8) is 0 Å². The fourth-order valence-corrected chi connectivity index (χ4v) is 6.98. The van der Waals surface area contributed by atoms with Gasteiger partial charge in [0.05, 0.1) is 0 Å². The monoisotopic (exact) mass is 490 g/mol. The summed E-state index contributed by atoms with van der Waals surface area (Å²) in [5, 5.41) is 7.69. The minimum Gasteiger partial charge on any atom is -0.143 e. The molecule has 0 amide bonds. The van der Waals surface area contributed by atoms with Crippen LogP contribution in [0.5, 0.6) is 0 Å². The summed E-state index contributed by atoms with van der Waals surface area (Å²) in [6.07, 6.45) is 18.8. The van der Waals surface area contributed by atoms with Crippen LogP contribution in [0.3, 0.4) is 0 Å². The van der Waals surface area contributed by atoms with E-state index in [0.29, 0.717) is 0 Å². The minimum absolute atomic E-state index is 1.21. The second-order valence-corrected chi connectivity index (χ2v) is 11.8. The highest BCUT2D eigenvalue weighted by atomic mass is 32.1. The zero-order valence-electron chi connectivity index (χ0n) is 21.3. The molecule has 0 nitrogen and oxygen atoms in total. The van der Waals surface area contributed by atoms with Crippen LogP contribution in [0.25, 0.3) is 31.3 Å². The normalized spacial score (nSPS) is 11.7. The van der Waals surface area contributed by atoms with E-state index in [4.69, 9.17) is 0 Å². The van der Waals surface area contributed by atoms with Crippen LogP contribution in [0, 0.1) is 0 Å². The highest BCUT2D eigenvalue weighted by Crippen LogP contribution is 2.41. The van der Waals surface area contributed by atoms with Crippen LogP contribution in [-0.2, 0) is 12.8 Å². The predicted molar refractivity (Wildman–Crippen MR) is 157 cm³/mol. The Kier molecular flexibility index (Phi) is 10.1. The van der Waals surface area contributed by atoms with Gasteiger partial charge in [0.1, 0.15) is 0 Å². The van der Waals surface area contributed by atoms with Crippen molar-refractivity contribution >= 4 is 42.8 Å². The Morgan fingerprint density at radius 3 is 1.35 bits per heavy atom. The molecule has 2 aromatic carbocycles. The van der Waals surface area contributed by atoms with Crippen molar-refractivity contribution in [1.29, 1.82) is 0 Å². The van der Waals surface area contributed by atoms with Gasteiger partial charge in [0.25, 0.3) is 0 Å². The minimum atomic E-state index is 1.21. The molecule has 2 heteroatoms. The van der Waals surface area contributed by atoms with E-state index in [1.165, 1.54) is 132 Å². The second kappa shape index (κ2) is 13.4. The summed E-state index contributed by atoms with van der Waals surface area (Å²) in [6.45, 7) is 4.58. The fourth-order valence-electron chi connectivity index (χ4n) is 5.10. The van der Waals surface area contributed by atoms with Crippen LogP contribution in [-0.4, -0.2) is 0 Å². The van der Waals surface area contributed by atoms with Crippen molar-refractivity contribution < 1.29 is 0 Å². The van der Waals surface area contributed by atoms with Gasteiger partial charge in [-0.05, 0) is 71.8 Å². The Hall–Kier alpha value is -1.64. The fraction of sp³-hybridized carbons (Fsp3) is 0.500. The maximum absolute atomic E-state index is 2.48. The Morgan fingerprint density at radius 2 is 0.912 bits per heavy atom. The summed E-state index contributed by atoms with van der Waals surface area (Å²) in [6, 6.07) is 14.4. The van der Waals surface area contributed by atoms with E-state index >= 15 is 0 Å². The van der Waals surface area contributed by atoms with E-state index < -0.39 is 0 Å². The smallest absolute Gasteiger partial charge is 0.0349 e. The molecule has 0 aliphatic heterocycles. The van der Waals surface area contributed by atoms with Gasteiger partial charge in [-0.2, -0.15) is 0 Å². The molecule has 4 aromatic rings. The average molecular weight is 491 g/mol. The van der Waals surface area contributed by atoms with Crippen LogP contribution >= 0.6 is 22.7 Å². The number of hydrogen-bond acceptors (Lipinski definition) is 2. The third-order valence-electron chi connectivity index (χ3n) is 7.20. The number of unbranched alkanes of at least 4 members (excludes halogenated alkanes) is 10. The number of benzene rings is 2. The number of aryl methyl sites for hydroxylation is 2.